The lowest BCUT2D eigenvalue weighted by molar-refractivity contribution is 0.389. The number of hydrogen-bond donors (Lipinski definition) is 1. The fraction of sp³-hybridized carbons (Fsp3) is 0.571. The average molecular weight is 203 g/mol. The van der Waals surface area contributed by atoms with Gasteiger partial charge in [-0.1, -0.05) is 32.0 Å². The van der Waals surface area contributed by atoms with Gasteiger partial charge in [0.2, 0.25) is 0 Å². The highest BCUT2D eigenvalue weighted by molar-refractivity contribution is 5.42. The zero-order valence-electron chi connectivity index (χ0n) is 10.2. The van der Waals surface area contributed by atoms with Gasteiger partial charge in [0.05, 0.1) is 0 Å². The molecule has 0 aromatic heterocycles. The Morgan fingerprint density at radius 2 is 1.80 bits per heavy atom. The Balaban J connectivity index is 2.49. The Morgan fingerprint density at radius 3 is 2.33 bits per heavy atom. The van der Waals surface area contributed by atoms with Crippen molar-refractivity contribution in [2.24, 2.45) is 5.73 Å². The molecule has 1 nitrogen and oxygen atoms in total. The van der Waals surface area contributed by atoms with Crippen LogP contribution in [0, 0.1) is 13.8 Å². The monoisotopic (exact) mass is 203 g/mol. The molecule has 2 N–H and O–H groups in total. The SMILES string of the molecule is Cc1cccc(C(C)(C)C2(N)CC2)c1C. The van der Waals surface area contributed by atoms with Crippen LogP contribution in [-0.4, -0.2) is 5.54 Å². The van der Waals surface area contributed by atoms with Crippen LogP contribution < -0.4 is 5.73 Å². The van der Waals surface area contributed by atoms with Gasteiger partial charge in [0.15, 0.2) is 0 Å². The molecule has 0 aliphatic heterocycles. The molecule has 2 rings (SSSR count). The molecule has 1 aromatic carbocycles. The van der Waals surface area contributed by atoms with Gasteiger partial charge >= 0.3 is 0 Å². The van der Waals surface area contributed by atoms with Crippen LogP contribution in [0.5, 0.6) is 0 Å². The summed E-state index contributed by atoms with van der Waals surface area (Å²) in [6, 6.07) is 6.55. The molecule has 1 aliphatic carbocycles. The standard InChI is InChI=1S/C14H21N/c1-10-6-5-7-12(11(10)2)13(3,4)14(15)8-9-14/h5-7H,8-9,15H2,1-4H3. The molecular formula is C14H21N. The summed E-state index contributed by atoms with van der Waals surface area (Å²) in [6.07, 6.45) is 2.32. The van der Waals surface area contributed by atoms with Crippen LogP contribution in [-0.2, 0) is 5.41 Å². The van der Waals surface area contributed by atoms with Gasteiger partial charge in [-0.05, 0) is 43.4 Å². The van der Waals surface area contributed by atoms with E-state index in [4.69, 9.17) is 5.73 Å². The maximum Gasteiger partial charge on any atom is 0.0248 e. The number of aryl methyl sites for hydroxylation is 1. The predicted molar refractivity (Wildman–Crippen MR) is 65.1 cm³/mol. The first-order valence-electron chi connectivity index (χ1n) is 5.74. The minimum absolute atomic E-state index is 0.0333. The first kappa shape index (κ1) is 10.7. The third-order valence-electron chi connectivity index (χ3n) is 4.31. The zero-order chi connectivity index (χ0) is 11.3. The molecule has 0 spiro atoms. The van der Waals surface area contributed by atoms with Gasteiger partial charge in [0.25, 0.3) is 0 Å². The van der Waals surface area contributed by atoms with Crippen LogP contribution in [0.15, 0.2) is 18.2 Å². The van der Waals surface area contributed by atoms with Crippen molar-refractivity contribution in [2.45, 2.75) is 51.5 Å². The summed E-state index contributed by atoms with van der Waals surface area (Å²) in [7, 11) is 0. The lowest BCUT2D eigenvalue weighted by atomic mass is 9.73. The lowest BCUT2D eigenvalue weighted by Gasteiger charge is -2.34. The molecule has 1 aliphatic rings. The number of nitrogens with two attached hydrogens (primary N) is 1. The molecule has 1 fully saturated rings. The van der Waals surface area contributed by atoms with Crippen LogP contribution in [0.25, 0.3) is 0 Å². The third kappa shape index (κ3) is 1.50. The Morgan fingerprint density at radius 1 is 1.20 bits per heavy atom. The molecule has 15 heavy (non-hydrogen) atoms. The molecule has 0 bridgehead atoms. The summed E-state index contributed by atoms with van der Waals surface area (Å²) in [5.74, 6) is 0. The van der Waals surface area contributed by atoms with E-state index in [1.807, 2.05) is 0 Å². The summed E-state index contributed by atoms with van der Waals surface area (Å²) in [5, 5.41) is 0. The molecule has 0 unspecified atom stereocenters. The smallest absolute Gasteiger partial charge is 0.0248 e. The van der Waals surface area contributed by atoms with Gasteiger partial charge in [0, 0.05) is 11.0 Å². The van der Waals surface area contributed by atoms with Gasteiger partial charge in [-0.15, -0.1) is 0 Å². The maximum absolute atomic E-state index is 6.38. The average Bonchev–Trinajstić information content (AvgIpc) is 2.90. The fourth-order valence-corrected chi connectivity index (χ4v) is 2.46. The third-order valence-corrected chi connectivity index (χ3v) is 4.31. The van der Waals surface area contributed by atoms with Crippen molar-refractivity contribution in [2.75, 3.05) is 0 Å². The van der Waals surface area contributed by atoms with Crippen molar-refractivity contribution in [1.29, 1.82) is 0 Å². The quantitative estimate of drug-likeness (QED) is 0.785. The normalized spacial score (nSPS) is 19.0. The van der Waals surface area contributed by atoms with Gasteiger partial charge in [-0.2, -0.15) is 0 Å². The van der Waals surface area contributed by atoms with Crippen molar-refractivity contribution < 1.29 is 0 Å². The summed E-state index contributed by atoms with van der Waals surface area (Å²) in [5.41, 5.74) is 10.7. The molecule has 1 aromatic rings. The van der Waals surface area contributed by atoms with E-state index in [1.54, 1.807) is 0 Å². The fourth-order valence-electron chi connectivity index (χ4n) is 2.46. The minimum atomic E-state index is 0.0333. The number of rotatable bonds is 2. The van der Waals surface area contributed by atoms with E-state index in [0.29, 0.717) is 0 Å². The molecule has 0 radical (unpaired) electrons. The molecule has 1 saturated carbocycles. The highest BCUT2D eigenvalue weighted by atomic mass is 14.9. The Hall–Kier alpha value is -0.820. The summed E-state index contributed by atoms with van der Waals surface area (Å²) in [4.78, 5) is 0. The molecule has 82 valence electrons. The Bertz CT molecular complexity index is 386. The van der Waals surface area contributed by atoms with Crippen LogP contribution in [0.1, 0.15) is 43.4 Å². The van der Waals surface area contributed by atoms with E-state index in [1.165, 1.54) is 16.7 Å². The Kier molecular flexibility index (Phi) is 2.20. The van der Waals surface area contributed by atoms with Gasteiger partial charge in [-0.3, -0.25) is 0 Å². The van der Waals surface area contributed by atoms with E-state index in [-0.39, 0.29) is 11.0 Å². The molecule has 1 heteroatoms. The van der Waals surface area contributed by atoms with Gasteiger partial charge < -0.3 is 5.73 Å². The zero-order valence-corrected chi connectivity index (χ0v) is 10.2. The van der Waals surface area contributed by atoms with Crippen LogP contribution >= 0.6 is 0 Å². The van der Waals surface area contributed by atoms with E-state index in [9.17, 15) is 0 Å². The highest BCUT2D eigenvalue weighted by Gasteiger charge is 2.52. The summed E-state index contributed by atoms with van der Waals surface area (Å²) < 4.78 is 0. The van der Waals surface area contributed by atoms with E-state index < -0.39 is 0 Å². The van der Waals surface area contributed by atoms with Crippen LogP contribution in [0.4, 0.5) is 0 Å². The number of hydrogen-bond acceptors (Lipinski definition) is 1. The van der Waals surface area contributed by atoms with E-state index in [0.717, 1.165) is 12.8 Å². The maximum atomic E-state index is 6.38. The van der Waals surface area contributed by atoms with E-state index in [2.05, 4.69) is 45.9 Å². The van der Waals surface area contributed by atoms with Crippen molar-refractivity contribution >= 4 is 0 Å². The Labute approximate surface area is 92.7 Å². The van der Waals surface area contributed by atoms with Gasteiger partial charge in [-0.25, -0.2) is 0 Å². The van der Waals surface area contributed by atoms with Crippen molar-refractivity contribution in [3.8, 4) is 0 Å². The molecule has 0 heterocycles. The largest absolute Gasteiger partial charge is 0.324 e. The predicted octanol–water partition coefficient (Wildman–Crippen LogP) is 3.07. The summed E-state index contributed by atoms with van der Waals surface area (Å²) >= 11 is 0. The van der Waals surface area contributed by atoms with Gasteiger partial charge in [0.1, 0.15) is 0 Å². The second kappa shape index (κ2) is 3.08. The molecule has 0 saturated heterocycles. The van der Waals surface area contributed by atoms with Crippen LogP contribution in [0.2, 0.25) is 0 Å². The lowest BCUT2D eigenvalue weighted by Crippen LogP contribution is -2.43. The highest BCUT2D eigenvalue weighted by Crippen LogP contribution is 2.49. The molecule has 0 amide bonds. The second-order valence-corrected chi connectivity index (χ2v) is 5.53. The summed E-state index contributed by atoms with van der Waals surface area (Å²) in [6.45, 7) is 8.94. The van der Waals surface area contributed by atoms with Crippen molar-refractivity contribution in [3.05, 3.63) is 34.9 Å². The molecular weight excluding hydrogens is 182 g/mol. The number of benzene rings is 1. The minimum Gasteiger partial charge on any atom is -0.324 e. The first-order valence-corrected chi connectivity index (χ1v) is 5.74. The molecule has 0 atom stereocenters. The van der Waals surface area contributed by atoms with E-state index >= 15 is 0 Å². The topological polar surface area (TPSA) is 26.0 Å². The van der Waals surface area contributed by atoms with Crippen molar-refractivity contribution in [1.82, 2.24) is 0 Å². The second-order valence-electron chi connectivity index (χ2n) is 5.53. The first-order chi connectivity index (χ1) is 6.88. The van der Waals surface area contributed by atoms with Crippen molar-refractivity contribution in [3.63, 3.8) is 0 Å². The van der Waals surface area contributed by atoms with Crippen LogP contribution in [0.3, 0.4) is 0 Å².